The molecular formula is C14H28N2. The van der Waals surface area contributed by atoms with Gasteiger partial charge in [0.2, 0.25) is 0 Å². The van der Waals surface area contributed by atoms with Gasteiger partial charge in [-0.1, -0.05) is 20.8 Å². The molecule has 2 heteroatoms. The molecule has 0 radical (unpaired) electrons. The molecule has 4 unspecified atom stereocenters. The quantitative estimate of drug-likeness (QED) is 0.742. The first-order valence-electron chi connectivity index (χ1n) is 6.90. The Morgan fingerprint density at radius 2 is 1.88 bits per heavy atom. The first kappa shape index (κ1) is 12.4. The zero-order valence-corrected chi connectivity index (χ0v) is 11.4. The highest BCUT2D eigenvalue weighted by Gasteiger charge is 2.41. The highest BCUT2D eigenvalue weighted by molar-refractivity contribution is 4.96. The lowest BCUT2D eigenvalue weighted by molar-refractivity contribution is 0.0758. The molecule has 2 nitrogen and oxygen atoms in total. The van der Waals surface area contributed by atoms with Crippen molar-refractivity contribution in [3.63, 3.8) is 0 Å². The van der Waals surface area contributed by atoms with Crippen LogP contribution in [0, 0.1) is 11.3 Å². The lowest BCUT2D eigenvalue weighted by Gasteiger charge is -2.42. The smallest absolute Gasteiger partial charge is 0.0129 e. The number of hydrogen-bond donors (Lipinski definition) is 1. The average Bonchev–Trinajstić information content (AvgIpc) is 2.39. The molecule has 1 aliphatic heterocycles. The molecule has 4 atom stereocenters. The van der Waals surface area contributed by atoms with E-state index in [0.717, 1.165) is 12.0 Å². The van der Waals surface area contributed by atoms with Gasteiger partial charge in [0.05, 0.1) is 0 Å². The second-order valence-corrected chi connectivity index (χ2v) is 6.99. The van der Waals surface area contributed by atoms with Crippen LogP contribution in [0.4, 0.5) is 0 Å². The van der Waals surface area contributed by atoms with E-state index in [0.29, 0.717) is 17.5 Å². The van der Waals surface area contributed by atoms with Crippen molar-refractivity contribution in [2.24, 2.45) is 17.1 Å². The molecule has 2 rings (SSSR count). The van der Waals surface area contributed by atoms with Crippen LogP contribution in [0.1, 0.15) is 53.4 Å². The van der Waals surface area contributed by atoms with E-state index >= 15 is 0 Å². The first-order valence-corrected chi connectivity index (χ1v) is 6.90. The Labute approximate surface area is 101 Å². The molecule has 0 aromatic rings. The van der Waals surface area contributed by atoms with Gasteiger partial charge >= 0.3 is 0 Å². The van der Waals surface area contributed by atoms with E-state index in [9.17, 15) is 0 Å². The molecular weight excluding hydrogens is 196 g/mol. The van der Waals surface area contributed by atoms with Gasteiger partial charge < -0.3 is 5.73 Å². The number of piperidine rings is 1. The molecule has 1 aliphatic carbocycles. The van der Waals surface area contributed by atoms with Crippen molar-refractivity contribution in [3.05, 3.63) is 0 Å². The Hall–Kier alpha value is -0.0800. The lowest BCUT2D eigenvalue weighted by Crippen LogP contribution is -2.51. The summed E-state index contributed by atoms with van der Waals surface area (Å²) < 4.78 is 0. The molecule has 1 saturated heterocycles. The van der Waals surface area contributed by atoms with Crippen LogP contribution in [0.25, 0.3) is 0 Å². The number of rotatable bonds is 1. The molecule has 0 aromatic heterocycles. The van der Waals surface area contributed by atoms with Gasteiger partial charge in [-0.2, -0.15) is 0 Å². The van der Waals surface area contributed by atoms with Crippen molar-refractivity contribution in [2.75, 3.05) is 6.54 Å². The van der Waals surface area contributed by atoms with E-state index in [2.05, 4.69) is 32.6 Å². The van der Waals surface area contributed by atoms with Crippen LogP contribution in [0.3, 0.4) is 0 Å². The zero-order chi connectivity index (χ0) is 11.9. The van der Waals surface area contributed by atoms with Gasteiger partial charge in [0, 0.05) is 24.7 Å². The Kier molecular flexibility index (Phi) is 3.33. The first-order chi connectivity index (χ1) is 7.39. The minimum atomic E-state index is 0.441. The summed E-state index contributed by atoms with van der Waals surface area (Å²) in [6, 6.07) is 1.93. The minimum Gasteiger partial charge on any atom is -0.328 e. The van der Waals surface area contributed by atoms with E-state index in [4.69, 9.17) is 5.73 Å². The molecule has 0 spiro atoms. The van der Waals surface area contributed by atoms with Crippen molar-refractivity contribution >= 4 is 0 Å². The van der Waals surface area contributed by atoms with Crippen molar-refractivity contribution < 1.29 is 0 Å². The van der Waals surface area contributed by atoms with Crippen LogP contribution < -0.4 is 5.73 Å². The van der Waals surface area contributed by atoms with Crippen molar-refractivity contribution in [1.29, 1.82) is 0 Å². The fourth-order valence-electron chi connectivity index (χ4n) is 4.02. The Bertz CT molecular complexity index is 249. The van der Waals surface area contributed by atoms with E-state index in [1.54, 1.807) is 0 Å². The molecule has 0 aromatic carbocycles. The number of nitrogens with two attached hydrogens (primary N) is 1. The molecule has 1 heterocycles. The fraction of sp³-hybridized carbons (Fsp3) is 1.00. The van der Waals surface area contributed by atoms with Gasteiger partial charge in [0.1, 0.15) is 0 Å². The Balaban J connectivity index is 2.02. The molecule has 16 heavy (non-hydrogen) atoms. The SMILES string of the molecule is CC1CC(C)(C)CC1N1CCC(N)CC1C. The van der Waals surface area contributed by atoms with Crippen LogP contribution in [-0.2, 0) is 0 Å². The summed E-state index contributed by atoms with van der Waals surface area (Å²) >= 11 is 0. The summed E-state index contributed by atoms with van der Waals surface area (Å²) in [5, 5.41) is 0. The molecule has 2 fully saturated rings. The molecule has 94 valence electrons. The highest BCUT2D eigenvalue weighted by atomic mass is 15.2. The van der Waals surface area contributed by atoms with E-state index < -0.39 is 0 Å². The van der Waals surface area contributed by atoms with E-state index in [-0.39, 0.29) is 0 Å². The number of likely N-dealkylation sites (tertiary alicyclic amines) is 1. The van der Waals surface area contributed by atoms with Crippen molar-refractivity contribution in [1.82, 2.24) is 4.90 Å². The van der Waals surface area contributed by atoms with Gasteiger partial charge in [-0.15, -0.1) is 0 Å². The lowest BCUT2D eigenvalue weighted by atomic mass is 9.90. The molecule has 1 saturated carbocycles. The standard InChI is InChI=1S/C14H28N2/c1-10-8-14(3,4)9-13(10)16-6-5-12(15)7-11(16)2/h10-13H,5-9,15H2,1-4H3. The largest absolute Gasteiger partial charge is 0.328 e. The third-order valence-corrected chi connectivity index (χ3v) is 4.69. The van der Waals surface area contributed by atoms with Gasteiger partial charge in [-0.3, -0.25) is 4.90 Å². The van der Waals surface area contributed by atoms with Crippen molar-refractivity contribution in [2.45, 2.75) is 71.5 Å². The topological polar surface area (TPSA) is 29.3 Å². The summed E-state index contributed by atoms with van der Waals surface area (Å²) in [6.07, 6.45) is 5.12. The van der Waals surface area contributed by atoms with Gasteiger partial charge in [0.15, 0.2) is 0 Å². The van der Waals surface area contributed by atoms with E-state index in [1.807, 2.05) is 0 Å². The molecule has 0 amide bonds. The maximum Gasteiger partial charge on any atom is 0.0129 e. The molecule has 2 N–H and O–H groups in total. The normalized spacial score (nSPS) is 44.8. The van der Waals surface area contributed by atoms with Gasteiger partial charge in [-0.05, 0) is 43.9 Å². The minimum absolute atomic E-state index is 0.441. The Morgan fingerprint density at radius 3 is 2.38 bits per heavy atom. The Morgan fingerprint density at radius 1 is 1.19 bits per heavy atom. The maximum atomic E-state index is 6.05. The summed E-state index contributed by atoms with van der Waals surface area (Å²) in [4.78, 5) is 2.74. The van der Waals surface area contributed by atoms with Crippen LogP contribution in [0.2, 0.25) is 0 Å². The maximum absolute atomic E-state index is 6.05. The van der Waals surface area contributed by atoms with Crippen LogP contribution >= 0.6 is 0 Å². The molecule has 2 aliphatic rings. The second kappa shape index (κ2) is 4.30. The molecule has 0 bridgehead atoms. The van der Waals surface area contributed by atoms with Crippen LogP contribution in [0.15, 0.2) is 0 Å². The van der Waals surface area contributed by atoms with Crippen LogP contribution in [-0.4, -0.2) is 29.6 Å². The monoisotopic (exact) mass is 224 g/mol. The van der Waals surface area contributed by atoms with Crippen molar-refractivity contribution in [3.8, 4) is 0 Å². The summed E-state index contributed by atoms with van der Waals surface area (Å²) in [6.45, 7) is 10.8. The van der Waals surface area contributed by atoms with Crippen LogP contribution in [0.5, 0.6) is 0 Å². The predicted molar refractivity (Wildman–Crippen MR) is 69.3 cm³/mol. The average molecular weight is 224 g/mol. The third-order valence-electron chi connectivity index (χ3n) is 4.69. The second-order valence-electron chi connectivity index (χ2n) is 6.99. The van der Waals surface area contributed by atoms with E-state index in [1.165, 1.54) is 32.2 Å². The fourth-order valence-corrected chi connectivity index (χ4v) is 4.02. The summed E-state index contributed by atoms with van der Waals surface area (Å²) in [5.74, 6) is 0.853. The summed E-state index contributed by atoms with van der Waals surface area (Å²) in [7, 11) is 0. The third kappa shape index (κ3) is 2.43. The zero-order valence-electron chi connectivity index (χ0n) is 11.4. The highest BCUT2D eigenvalue weighted by Crippen LogP contribution is 2.44. The van der Waals surface area contributed by atoms with Gasteiger partial charge in [0.25, 0.3) is 0 Å². The predicted octanol–water partition coefficient (Wildman–Crippen LogP) is 2.62. The summed E-state index contributed by atoms with van der Waals surface area (Å²) in [5.41, 5.74) is 6.59. The number of nitrogens with zero attached hydrogens (tertiary/aromatic N) is 1. The van der Waals surface area contributed by atoms with Gasteiger partial charge in [-0.25, -0.2) is 0 Å². The number of hydrogen-bond acceptors (Lipinski definition) is 2.